The van der Waals surface area contributed by atoms with Crippen LogP contribution in [0.4, 0.5) is 0 Å². The minimum Gasteiger partial charge on any atom is -0.380 e. The molecule has 150 valence electrons. The summed E-state index contributed by atoms with van der Waals surface area (Å²) in [5, 5.41) is 0. The summed E-state index contributed by atoms with van der Waals surface area (Å²) in [4.78, 5) is 32.2. The largest absolute Gasteiger partial charge is 0.380 e. The fraction of sp³-hybridized carbons (Fsp3) is 0.737. The van der Waals surface area contributed by atoms with Crippen molar-refractivity contribution >= 4 is 11.2 Å². The van der Waals surface area contributed by atoms with E-state index in [1.165, 1.54) is 18.0 Å². The van der Waals surface area contributed by atoms with Gasteiger partial charge in [-0.05, 0) is 25.2 Å². The highest BCUT2D eigenvalue weighted by atomic mass is 16.5. The maximum Gasteiger partial charge on any atom is 0.332 e. The number of hydrogen-bond acceptors (Lipinski definition) is 5. The van der Waals surface area contributed by atoms with E-state index >= 15 is 0 Å². The van der Waals surface area contributed by atoms with Gasteiger partial charge in [-0.15, -0.1) is 0 Å². The molecule has 1 fully saturated rings. The number of hydrogen-bond donors (Lipinski definition) is 0. The van der Waals surface area contributed by atoms with Crippen molar-refractivity contribution in [3.8, 4) is 0 Å². The molecule has 0 N–H and O–H groups in total. The molecule has 8 heteroatoms. The molecular formula is C19H31N5O3. The van der Waals surface area contributed by atoms with Crippen molar-refractivity contribution in [2.24, 2.45) is 25.9 Å². The number of aromatic nitrogens is 4. The van der Waals surface area contributed by atoms with Crippen molar-refractivity contribution in [1.82, 2.24) is 23.6 Å². The van der Waals surface area contributed by atoms with Crippen LogP contribution in [0.5, 0.6) is 0 Å². The van der Waals surface area contributed by atoms with Crippen molar-refractivity contribution in [3.63, 3.8) is 0 Å². The van der Waals surface area contributed by atoms with Gasteiger partial charge in [0.25, 0.3) is 5.56 Å². The summed E-state index contributed by atoms with van der Waals surface area (Å²) in [7, 11) is 3.18. The van der Waals surface area contributed by atoms with Crippen LogP contribution >= 0.6 is 0 Å². The molecule has 0 unspecified atom stereocenters. The van der Waals surface area contributed by atoms with E-state index < -0.39 is 0 Å². The molecule has 0 aromatic carbocycles. The van der Waals surface area contributed by atoms with Gasteiger partial charge < -0.3 is 9.30 Å². The van der Waals surface area contributed by atoms with Crippen molar-refractivity contribution in [3.05, 3.63) is 26.7 Å². The third-order valence-corrected chi connectivity index (χ3v) is 5.40. The van der Waals surface area contributed by atoms with E-state index in [1.807, 2.05) is 11.5 Å². The van der Waals surface area contributed by atoms with Gasteiger partial charge in [0.2, 0.25) is 0 Å². The molecule has 0 radical (unpaired) electrons. The van der Waals surface area contributed by atoms with E-state index in [0.717, 1.165) is 23.5 Å². The van der Waals surface area contributed by atoms with Crippen LogP contribution in [0.2, 0.25) is 0 Å². The first-order valence-electron chi connectivity index (χ1n) is 9.78. The number of aryl methyl sites for hydroxylation is 1. The number of likely N-dealkylation sites (tertiary alicyclic amines) is 1. The summed E-state index contributed by atoms with van der Waals surface area (Å²) in [6, 6.07) is 0. The van der Waals surface area contributed by atoms with Crippen LogP contribution in [0, 0.1) is 11.8 Å². The van der Waals surface area contributed by atoms with Crippen LogP contribution in [0.1, 0.15) is 33.0 Å². The number of fused-ring (bicyclic) bond motifs is 1. The van der Waals surface area contributed by atoms with E-state index in [4.69, 9.17) is 9.72 Å². The van der Waals surface area contributed by atoms with Gasteiger partial charge in [0, 0.05) is 40.3 Å². The lowest BCUT2D eigenvalue weighted by Gasteiger charge is -2.34. The molecule has 3 heterocycles. The molecule has 2 aromatic rings. The van der Waals surface area contributed by atoms with E-state index in [9.17, 15) is 9.59 Å². The van der Waals surface area contributed by atoms with E-state index in [1.54, 1.807) is 7.05 Å². The van der Waals surface area contributed by atoms with Crippen LogP contribution < -0.4 is 11.2 Å². The molecular weight excluding hydrogens is 346 g/mol. The predicted molar refractivity (Wildman–Crippen MR) is 105 cm³/mol. The number of rotatable bonds is 6. The molecule has 1 saturated heterocycles. The van der Waals surface area contributed by atoms with Crippen molar-refractivity contribution in [2.45, 2.75) is 40.3 Å². The minimum absolute atomic E-state index is 0.302. The van der Waals surface area contributed by atoms with E-state index in [0.29, 0.717) is 49.3 Å². The molecule has 3 rings (SSSR count). The Balaban J connectivity index is 2.06. The van der Waals surface area contributed by atoms with Gasteiger partial charge in [-0.2, -0.15) is 0 Å². The van der Waals surface area contributed by atoms with Crippen molar-refractivity contribution in [2.75, 3.05) is 26.3 Å². The molecule has 0 spiro atoms. The summed E-state index contributed by atoms with van der Waals surface area (Å²) < 4.78 is 10.1. The minimum atomic E-state index is -0.353. The smallest absolute Gasteiger partial charge is 0.332 e. The molecule has 0 aliphatic carbocycles. The second-order valence-corrected chi connectivity index (χ2v) is 7.89. The molecule has 1 aliphatic rings. The highest BCUT2D eigenvalue weighted by Gasteiger charge is 2.25. The maximum absolute atomic E-state index is 12.8. The van der Waals surface area contributed by atoms with Gasteiger partial charge in [-0.1, -0.05) is 13.8 Å². The molecule has 0 amide bonds. The number of piperidine rings is 1. The van der Waals surface area contributed by atoms with E-state index in [-0.39, 0.29) is 11.2 Å². The lowest BCUT2D eigenvalue weighted by atomic mass is 9.92. The Labute approximate surface area is 159 Å². The van der Waals surface area contributed by atoms with Gasteiger partial charge in [0.05, 0.1) is 13.2 Å². The summed E-state index contributed by atoms with van der Waals surface area (Å²) >= 11 is 0. The second-order valence-electron chi connectivity index (χ2n) is 7.89. The first-order chi connectivity index (χ1) is 12.8. The van der Waals surface area contributed by atoms with Crippen LogP contribution in [0.15, 0.2) is 9.59 Å². The highest BCUT2D eigenvalue weighted by Crippen LogP contribution is 2.23. The quantitative estimate of drug-likeness (QED) is 0.701. The summed E-state index contributed by atoms with van der Waals surface area (Å²) in [6.07, 6.45) is 1.24. The van der Waals surface area contributed by atoms with Crippen LogP contribution in [0.25, 0.3) is 11.2 Å². The third-order valence-electron chi connectivity index (χ3n) is 5.40. The molecule has 0 bridgehead atoms. The second kappa shape index (κ2) is 7.98. The molecule has 2 atom stereocenters. The van der Waals surface area contributed by atoms with Gasteiger partial charge >= 0.3 is 5.69 Å². The fourth-order valence-corrected chi connectivity index (χ4v) is 4.27. The predicted octanol–water partition coefficient (Wildman–Crippen LogP) is 0.948. The standard InChI is InChI=1S/C19H31N5O3/c1-6-27-8-7-24-15(12-23-10-13(2)9-14(3)11-23)20-17-16(24)18(25)22(5)19(26)21(17)4/h13-14H,6-12H2,1-5H3/t13-,14+. The van der Waals surface area contributed by atoms with Crippen molar-refractivity contribution < 1.29 is 4.74 Å². The lowest BCUT2D eigenvalue weighted by molar-refractivity contribution is 0.124. The summed E-state index contributed by atoms with van der Waals surface area (Å²) in [5.41, 5.74) is 0.276. The Morgan fingerprint density at radius 3 is 2.41 bits per heavy atom. The zero-order valence-electron chi connectivity index (χ0n) is 17.1. The molecule has 1 aliphatic heterocycles. The topological polar surface area (TPSA) is 74.3 Å². The number of nitrogens with zero attached hydrogens (tertiary/aromatic N) is 5. The zero-order valence-corrected chi connectivity index (χ0v) is 17.1. The summed E-state index contributed by atoms with van der Waals surface area (Å²) in [5.74, 6) is 2.11. The molecule has 2 aromatic heterocycles. The van der Waals surface area contributed by atoms with Crippen LogP contribution in [0.3, 0.4) is 0 Å². The van der Waals surface area contributed by atoms with Gasteiger partial charge in [-0.3, -0.25) is 18.8 Å². The monoisotopic (exact) mass is 377 g/mol. The lowest BCUT2D eigenvalue weighted by Crippen LogP contribution is -2.39. The normalized spacial score (nSPS) is 21.2. The Kier molecular flexibility index (Phi) is 5.86. The van der Waals surface area contributed by atoms with E-state index in [2.05, 4.69) is 18.7 Å². The molecule has 8 nitrogen and oxygen atoms in total. The van der Waals surface area contributed by atoms with Gasteiger partial charge in [0.15, 0.2) is 11.2 Å². The Hall–Kier alpha value is -1.93. The Bertz CT molecular complexity index is 916. The van der Waals surface area contributed by atoms with Crippen molar-refractivity contribution in [1.29, 1.82) is 0 Å². The van der Waals surface area contributed by atoms with Crippen LogP contribution in [-0.4, -0.2) is 49.9 Å². The number of imidazole rings is 1. The first kappa shape index (κ1) is 19.8. The number of ether oxygens (including phenoxy) is 1. The Morgan fingerprint density at radius 2 is 1.78 bits per heavy atom. The zero-order chi connectivity index (χ0) is 19.7. The Morgan fingerprint density at radius 1 is 1.11 bits per heavy atom. The van der Waals surface area contributed by atoms with Gasteiger partial charge in [-0.25, -0.2) is 9.78 Å². The first-order valence-corrected chi connectivity index (χ1v) is 9.78. The SMILES string of the molecule is CCOCCn1c(CN2C[C@H](C)C[C@H](C)C2)nc2c1c(=O)n(C)c(=O)n2C. The average molecular weight is 377 g/mol. The average Bonchev–Trinajstić information content (AvgIpc) is 2.96. The fourth-order valence-electron chi connectivity index (χ4n) is 4.27. The van der Waals surface area contributed by atoms with Gasteiger partial charge in [0.1, 0.15) is 5.82 Å². The molecule has 0 saturated carbocycles. The maximum atomic E-state index is 12.8. The molecule has 27 heavy (non-hydrogen) atoms. The summed E-state index contributed by atoms with van der Waals surface area (Å²) in [6.45, 7) is 10.9. The highest BCUT2D eigenvalue weighted by molar-refractivity contribution is 5.71. The third kappa shape index (κ3) is 3.87. The van der Waals surface area contributed by atoms with Crippen LogP contribution in [-0.2, 0) is 31.9 Å².